The standard InChI is InChI=1S/C11H15N3O6S/c1-2-13(6-5-11(15)16)9-4-3-8(21(12,19)20)7-10(9)14(17)18/h3-4,7H,2,5-6H2,1H3,(H,15,16)(H2,12,19,20). The Bertz CT molecular complexity index is 658. The molecule has 21 heavy (non-hydrogen) atoms. The fourth-order valence-electron chi connectivity index (χ4n) is 1.77. The lowest BCUT2D eigenvalue weighted by Gasteiger charge is -2.22. The number of nitrogens with two attached hydrogens (primary N) is 1. The molecular weight excluding hydrogens is 302 g/mol. The van der Waals surface area contributed by atoms with Crippen molar-refractivity contribution in [2.75, 3.05) is 18.0 Å². The quantitative estimate of drug-likeness (QED) is 0.551. The molecule has 0 amide bonds. The molecule has 1 aromatic rings. The summed E-state index contributed by atoms with van der Waals surface area (Å²) in [6.07, 6.45) is -0.193. The second-order valence-electron chi connectivity index (χ2n) is 4.18. The number of anilines is 1. The van der Waals surface area contributed by atoms with Gasteiger partial charge in [-0.25, -0.2) is 13.6 Å². The van der Waals surface area contributed by atoms with E-state index >= 15 is 0 Å². The molecule has 0 heterocycles. The average Bonchev–Trinajstić information content (AvgIpc) is 2.37. The Labute approximate surface area is 121 Å². The number of carbonyl (C=O) groups is 1. The van der Waals surface area contributed by atoms with Crippen molar-refractivity contribution >= 4 is 27.4 Å². The number of sulfonamides is 1. The smallest absolute Gasteiger partial charge is 0.305 e. The average molecular weight is 317 g/mol. The molecule has 0 aromatic heterocycles. The summed E-state index contributed by atoms with van der Waals surface area (Å²) < 4.78 is 22.5. The molecule has 0 bridgehead atoms. The van der Waals surface area contributed by atoms with Gasteiger partial charge < -0.3 is 10.0 Å². The molecule has 10 heteroatoms. The summed E-state index contributed by atoms with van der Waals surface area (Å²) in [5, 5.41) is 24.7. The highest BCUT2D eigenvalue weighted by atomic mass is 32.2. The molecule has 0 fully saturated rings. The third kappa shape index (κ3) is 4.39. The van der Waals surface area contributed by atoms with E-state index in [2.05, 4.69) is 0 Å². The first-order valence-corrected chi connectivity index (χ1v) is 7.49. The van der Waals surface area contributed by atoms with Crippen LogP contribution in [0.1, 0.15) is 13.3 Å². The fraction of sp³-hybridized carbons (Fsp3) is 0.364. The summed E-state index contributed by atoms with van der Waals surface area (Å²) in [6.45, 7) is 2.11. The van der Waals surface area contributed by atoms with Crippen LogP contribution in [0.5, 0.6) is 0 Å². The fourth-order valence-corrected chi connectivity index (χ4v) is 2.31. The van der Waals surface area contributed by atoms with Gasteiger partial charge in [-0.1, -0.05) is 0 Å². The van der Waals surface area contributed by atoms with Crippen LogP contribution in [-0.2, 0) is 14.8 Å². The Kier molecular flexibility index (Phi) is 5.22. The van der Waals surface area contributed by atoms with Crippen LogP contribution in [0.15, 0.2) is 23.1 Å². The van der Waals surface area contributed by atoms with Crippen LogP contribution in [-0.4, -0.2) is 37.5 Å². The molecule has 0 saturated carbocycles. The molecule has 116 valence electrons. The lowest BCUT2D eigenvalue weighted by atomic mass is 10.2. The Balaban J connectivity index is 3.28. The van der Waals surface area contributed by atoms with Crippen molar-refractivity contribution in [1.29, 1.82) is 0 Å². The summed E-state index contributed by atoms with van der Waals surface area (Å²) in [7, 11) is -4.05. The van der Waals surface area contributed by atoms with Crippen molar-refractivity contribution in [3.05, 3.63) is 28.3 Å². The zero-order valence-electron chi connectivity index (χ0n) is 11.2. The molecule has 0 radical (unpaired) electrons. The highest BCUT2D eigenvalue weighted by Gasteiger charge is 2.22. The Morgan fingerprint density at radius 3 is 2.52 bits per heavy atom. The van der Waals surface area contributed by atoms with E-state index in [-0.39, 0.29) is 23.5 Å². The van der Waals surface area contributed by atoms with E-state index in [1.807, 2.05) is 0 Å². The summed E-state index contributed by atoms with van der Waals surface area (Å²) in [5.74, 6) is -1.03. The van der Waals surface area contributed by atoms with Crippen molar-refractivity contribution in [2.24, 2.45) is 5.14 Å². The van der Waals surface area contributed by atoms with Gasteiger partial charge in [0.1, 0.15) is 5.69 Å². The molecule has 0 aliphatic rings. The van der Waals surface area contributed by atoms with Gasteiger partial charge in [-0.05, 0) is 19.1 Å². The molecule has 1 rings (SSSR count). The zero-order chi connectivity index (χ0) is 16.2. The number of hydrogen-bond acceptors (Lipinski definition) is 6. The van der Waals surface area contributed by atoms with E-state index in [1.165, 1.54) is 11.0 Å². The number of aliphatic carboxylic acids is 1. The van der Waals surface area contributed by atoms with Crippen molar-refractivity contribution in [3.63, 3.8) is 0 Å². The summed E-state index contributed by atoms with van der Waals surface area (Å²) in [4.78, 5) is 22.1. The maximum atomic E-state index is 11.2. The second kappa shape index (κ2) is 6.50. The predicted octanol–water partition coefficient (Wildman–Crippen LogP) is 0.543. The van der Waals surface area contributed by atoms with Crippen molar-refractivity contribution in [2.45, 2.75) is 18.2 Å². The highest BCUT2D eigenvalue weighted by Crippen LogP contribution is 2.30. The molecule has 1 aromatic carbocycles. The van der Waals surface area contributed by atoms with E-state index in [4.69, 9.17) is 10.2 Å². The van der Waals surface area contributed by atoms with Crippen LogP contribution in [0.2, 0.25) is 0 Å². The van der Waals surface area contributed by atoms with Gasteiger partial charge in [0, 0.05) is 19.2 Å². The van der Waals surface area contributed by atoms with Crippen LogP contribution in [0.3, 0.4) is 0 Å². The highest BCUT2D eigenvalue weighted by molar-refractivity contribution is 7.89. The molecule has 3 N–H and O–H groups in total. The minimum Gasteiger partial charge on any atom is -0.481 e. The first-order valence-electron chi connectivity index (χ1n) is 5.94. The molecule has 9 nitrogen and oxygen atoms in total. The van der Waals surface area contributed by atoms with Gasteiger partial charge >= 0.3 is 5.97 Å². The van der Waals surface area contributed by atoms with E-state index in [0.29, 0.717) is 6.54 Å². The molecular formula is C11H15N3O6S. The van der Waals surface area contributed by atoms with Gasteiger partial charge in [0.05, 0.1) is 16.2 Å². The van der Waals surface area contributed by atoms with Crippen molar-refractivity contribution in [3.8, 4) is 0 Å². The molecule has 0 atom stereocenters. The van der Waals surface area contributed by atoms with Crippen LogP contribution in [0.4, 0.5) is 11.4 Å². The summed E-state index contributed by atoms with van der Waals surface area (Å²) >= 11 is 0. The Morgan fingerprint density at radius 1 is 1.48 bits per heavy atom. The van der Waals surface area contributed by atoms with E-state index in [9.17, 15) is 23.3 Å². The number of nitro benzene ring substituents is 1. The maximum Gasteiger partial charge on any atom is 0.305 e. The summed E-state index contributed by atoms with van der Waals surface area (Å²) in [5.41, 5.74) is -0.287. The van der Waals surface area contributed by atoms with Gasteiger partial charge in [-0.3, -0.25) is 14.9 Å². The van der Waals surface area contributed by atoms with Gasteiger partial charge in [-0.2, -0.15) is 0 Å². The van der Waals surface area contributed by atoms with E-state index in [1.54, 1.807) is 6.92 Å². The summed E-state index contributed by atoms with van der Waals surface area (Å²) in [6, 6.07) is 3.28. The monoisotopic (exact) mass is 317 g/mol. The van der Waals surface area contributed by atoms with Crippen LogP contribution < -0.4 is 10.0 Å². The van der Waals surface area contributed by atoms with Gasteiger partial charge in [0.2, 0.25) is 10.0 Å². The largest absolute Gasteiger partial charge is 0.481 e. The number of carboxylic acid groups (broad SMARTS) is 1. The minimum atomic E-state index is -4.05. The molecule has 0 aliphatic heterocycles. The molecule has 0 spiro atoms. The Hall–Kier alpha value is -2.20. The number of carboxylic acids is 1. The number of benzene rings is 1. The first kappa shape index (κ1) is 16.9. The maximum absolute atomic E-state index is 11.2. The predicted molar refractivity (Wildman–Crippen MR) is 74.6 cm³/mol. The third-order valence-corrected chi connectivity index (χ3v) is 3.70. The minimum absolute atomic E-state index is 0.0708. The zero-order valence-corrected chi connectivity index (χ0v) is 12.0. The van der Waals surface area contributed by atoms with E-state index < -0.39 is 26.6 Å². The lowest BCUT2D eigenvalue weighted by Crippen LogP contribution is -2.26. The van der Waals surface area contributed by atoms with Crippen LogP contribution in [0, 0.1) is 10.1 Å². The first-order chi connectivity index (χ1) is 9.66. The SMILES string of the molecule is CCN(CCC(=O)O)c1ccc(S(N)(=O)=O)cc1[N+](=O)[O-]. The van der Waals surface area contributed by atoms with Gasteiger partial charge in [0.25, 0.3) is 5.69 Å². The van der Waals surface area contributed by atoms with E-state index in [0.717, 1.165) is 12.1 Å². The lowest BCUT2D eigenvalue weighted by molar-refractivity contribution is -0.384. The van der Waals surface area contributed by atoms with Crippen molar-refractivity contribution < 1.29 is 23.2 Å². The molecule has 0 aliphatic carbocycles. The van der Waals surface area contributed by atoms with Crippen molar-refractivity contribution in [1.82, 2.24) is 0 Å². The topological polar surface area (TPSA) is 144 Å². The van der Waals surface area contributed by atoms with Gasteiger partial charge in [-0.15, -0.1) is 0 Å². The number of nitro groups is 1. The van der Waals surface area contributed by atoms with Crippen LogP contribution >= 0.6 is 0 Å². The Morgan fingerprint density at radius 2 is 2.10 bits per heavy atom. The number of primary sulfonamides is 1. The number of rotatable bonds is 7. The molecule has 0 saturated heterocycles. The van der Waals surface area contributed by atoms with Gasteiger partial charge in [0.15, 0.2) is 0 Å². The number of nitrogens with zero attached hydrogens (tertiary/aromatic N) is 2. The second-order valence-corrected chi connectivity index (χ2v) is 5.74. The van der Waals surface area contributed by atoms with Crippen LogP contribution in [0.25, 0.3) is 0 Å². The normalized spacial score (nSPS) is 11.1. The molecule has 0 unspecified atom stereocenters. The number of hydrogen-bond donors (Lipinski definition) is 2. The third-order valence-electron chi connectivity index (χ3n) is 2.79.